The highest BCUT2D eigenvalue weighted by molar-refractivity contribution is 4.97. The van der Waals surface area contributed by atoms with Crippen LogP contribution in [0.3, 0.4) is 0 Å². The maximum atomic E-state index is 5.31. The van der Waals surface area contributed by atoms with E-state index in [4.69, 9.17) is 5.73 Å². The minimum absolute atomic E-state index is 0.596. The van der Waals surface area contributed by atoms with Gasteiger partial charge in [0.25, 0.3) is 0 Å². The van der Waals surface area contributed by atoms with E-state index in [1.54, 1.807) is 0 Å². The van der Waals surface area contributed by atoms with Gasteiger partial charge >= 0.3 is 0 Å². The normalized spacial score (nSPS) is 10.0. The van der Waals surface area contributed by atoms with Crippen LogP contribution in [0.5, 0.6) is 0 Å². The molecular weight excluding hydrogens is 98.1 g/mol. The molecule has 0 atom stereocenters. The second-order valence-electron chi connectivity index (χ2n) is 2.35. The van der Waals surface area contributed by atoms with E-state index >= 15 is 0 Å². The maximum absolute atomic E-state index is 5.31. The van der Waals surface area contributed by atoms with E-state index in [0.29, 0.717) is 5.92 Å². The molecule has 8 heavy (non-hydrogen) atoms. The Morgan fingerprint density at radius 2 is 2.12 bits per heavy atom. The highest BCUT2D eigenvalue weighted by Gasteiger charge is 1.95. The Hall–Kier alpha value is -0.300. The minimum Gasteiger partial charge on any atom is -0.330 e. The van der Waals surface area contributed by atoms with Crippen molar-refractivity contribution < 1.29 is 0 Å². The lowest BCUT2D eigenvalue weighted by molar-refractivity contribution is 0.718. The summed E-state index contributed by atoms with van der Waals surface area (Å²) < 4.78 is 0. The van der Waals surface area contributed by atoms with Crippen molar-refractivity contribution in [1.29, 1.82) is 0 Å². The number of hydrogen-bond acceptors (Lipinski definition) is 1. The van der Waals surface area contributed by atoms with Crippen molar-refractivity contribution in [2.45, 2.75) is 20.3 Å². The third kappa shape index (κ3) is 2.80. The van der Waals surface area contributed by atoms with Gasteiger partial charge in [-0.3, -0.25) is 0 Å². The van der Waals surface area contributed by atoms with Crippen LogP contribution in [-0.2, 0) is 0 Å². The third-order valence-electron chi connectivity index (χ3n) is 1.28. The van der Waals surface area contributed by atoms with Crippen LogP contribution in [0.4, 0.5) is 0 Å². The molecule has 0 aliphatic heterocycles. The summed E-state index contributed by atoms with van der Waals surface area (Å²) in [4.78, 5) is 0. The van der Waals surface area contributed by atoms with E-state index in [1.165, 1.54) is 5.57 Å². The van der Waals surface area contributed by atoms with Gasteiger partial charge in [0.1, 0.15) is 0 Å². The van der Waals surface area contributed by atoms with Gasteiger partial charge in [-0.25, -0.2) is 0 Å². The van der Waals surface area contributed by atoms with Crippen LogP contribution in [0.15, 0.2) is 12.2 Å². The quantitative estimate of drug-likeness (QED) is 0.552. The fourth-order valence-corrected chi connectivity index (χ4v) is 0.474. The zero-order valence-corrected chi connectivity index (χ0v) is 5.78. The Morgan fingerprint density at radius 3 is 2.25 bits per heavy atom. The molecule has 0 heterocycles. The highest BCUT2D eigenvalue weighted by atomic mass is 14.5. The number of nitrogens with two attached hydrogens (primary N) is 1. The predicted molar refractivity (Wildman–Crippen MR) is 37.6 cm³/mol. The van der Waals surface area contributed by atoms with Gasteiger partial charge in [0.05, 0.1) is 0 Å². The Morgan fingerprint density at radius 1 is 1.62 bits per heavy atom. The molecule has 1 heteroatoms. The van der Waals surface area contributed by atoms with Gasteiger partial charge in [0.15, 0.2) is 0 Å². The van der Waals surface area contributed by atoms with Gasteiger partial charge in [-0.15, -0.1) is 0 Å². The standard InChI is InChI=1S/C7H15N/c1-6(2)7(3)4-5-8/h6H,3-5,8H2,1-2H3. The van der Waals surface area contributed by atoms with Gasteiger partial charge in [-0.1, -0.05) is 26.0 Å². The molecule has 0 aromatic heterocycles. The van der Waals surface area contributed by atoms with Gasteiger partial charge in [0, 0.05) is 0 Å². The first-order valence-corrected chi connectivity index (χ1v) is 3.06. The van der Waals surface area contributed by atoms with Crippen molar-refractivity contribution in [1.82, 2.24) is 0 Å². The van der Waals surface area contributed by atoms with E-state index in [2.05, 4.69) is 20.4 Å². The fourth-order valence-electron chi connectivity index (χ4n) is 0.474. The maximum Gasteiger partial charge on any atom is -0.00399 e. The Labute approximate surface area is 51.6 Å². The predicted octanol–water partition coefficient (Wildman–Crippen LogP) is 1.55. The van der Waals surface area contributed by atoms with Gasteiger partial charge < -0.3 is 5.73 Å². The molecule has 0 aromatic carbocycles. The Bertz CT molecular complexity index is 74.5. The van der Waals surface area contributed by atoms with Gasteiger partial charge in [-0.2, -0.15) is 0 Å². The summed E-state index contributed by atoms with van der Waals surface area (Å²) in [5.74, 6) is 0.596. The molecule has 0 aromatic rings. The molecule has 0 saturated heterocycles. The summed E-state index contributed by atoms with van der Waals surface area (Å²) in [5.41, 5.74) is 6.56. The van der Waals surface area contributed by atoms with Crippen molar-refractivity contribution in [3.8, 4) is 0 Å². The summed E-state index contributed by atoms with van der Waals surface area (Å²) in [6, 6.07) is 0. The first-order chi connectivity index (χ1) is 3.68. The largest absolute Gasteiger partial charge is 0.330 e. The Balaban J connectivity index is 3.33. The summed E-state index contributed by atoms with van der Waals surface area (Å²) in [6.07, 6.45) is 0.970. The molecule has 2 N–H and O–H groups in total. The van der Waals surface area contributed by atoms with Crippen molar-refractivity contribution in [3.05, 3.63) is 12.2 Å². The zero-order chi connectivity index (χ0) is 6.57. The summed E-state index contributed by atoms with van der Waals surface area (Å²) in [6.45, 7) is 8.87. The third-order valence-corrected chi connectivity index (χ3v) is 1.28. The molecule has 0 spiro atoms. The Kier molecular flexibility index (Phi) is 3.53. The van der Waals surface area contributed by atoms with Crippen LogP contribution in [0.2, 0.25) is 0 Å². The topological polar surface area (TPSA) is 26.0 Å². The molecule has 48 valence electrons. The first-order valence-electron chi connectivity index (χ1n) is 3.06. The number of rotatable bonds is 3. The molecule has 0 radical (unpaired) electrons. The first kappa shape index (κ1) is 7.70. The van der Waals surface area contributed by atoms with Crippen LogP contribution in [0, 0.1) is 5.92 Å². The number of hydrogen-bond donors (Lipinski definition) is 1. The molecule has 0 aliphatic rings. The smallest absolute Gasteiger partial charge is 0.00399 e. The second-order valence-corrected chi connectivity index (χ2v) is 2.35. The highest BCUT2D eigenvalue weighted by Crippen LogP contribution is 2.08. The average molecular weight is 113 g/mol. The summed E-state index contributed by atoms with van der Waals surface area (Å²) in [5, 5.41) is 0. The van der Waals surface area contributed by atoms with Crippen LogP contribution in [0.1, 0.15) is 20.3 Å². The van der Waals surface area contributed by atoms with E-state index in [1.807, 2.05) is 0 Å². The van der Waals surface area contributed by atoms with Gasteiger partial charge in [-0.05, 0) is 18.9 Å². The second kappa shape index (κ2) is 3.67. The van der Waals surface area contributed by atoms with Crippen molar-refractivity contribution in [2.75, 3.05) is 6.54 Å². The monoisotopic (exact) mass is 113 g/mol. The molecular formula is C7H15N. The molecule has 0 aliphatic carbocycles. The summed E-state index contributed by atoms with van der Waals surface area (Å²) in [7, 11) is 0. The fraction of sp³-hybridized carbons (Fsp3) is 0.714. The van der Waals surface area contributed by atoms with E-state index in [9.17, 15) is 0 Å². The zero-order valence-electron chi connectivity index (χ0n) is 5.78. The van der Waals surface area contributed by atoms with Crippen LogP contribution < -0.4 is 5.73 Å². The average Bonchev–Trinajstić information content (AvgIpc) is 1.67. The molecule has 0 bridgehead atoms. The van der Waals surface area contributed by atoms with Crippen molar-refractivity contribution in [2.24, 2.45) is 11.7 Å². The van der Waals surface area contributed by atoms with Crippen molar-refractivity contribution >= 4 is 0 Å². The summed E-state index contributed by atoms with van der Waals surface area (Å²) >= 11 is 0. The molecule has 0 fully saturated rings. The van der Waals surface area contributed by atoms with E-state index < -0.39 is 0 Å². The van der Waals surface area contributed by atoms with Crippen LogP contribution >= 0.6 is 0 Å². The SMILES string of the molecule is C=C(CCN)C(C)C. The molecule has 0 amide bonds. The van der Waals surface area contributed by atoms with Crippen LogP contribution in [-0.4, -0.2) is 6.54 Å². The lowest BCUT2D eigenvalue weighted by Crippen LogP contribution is -2.02. The molecule has 0 rings (SSSR count). The lowest BCUT2D eigenvalue weighted by Gasteiger charge is -2.05. The minimum atomic E-state index is 0.596. The van der Waals surface area contributed by atoms with Crippen LogP contribution in [0.25, 0.3) is 0 Å². The van der Waals surface area contributed by atoms with Crippen molar-refractivity contribution in [3.63, 3.8) is 0 Å². The van der Waals surface area contributed by atoms with E-state index in [0.717, 1.165) is 13.0 Å². The van der Waals surface area contributed by atoms with Gasteiger partial charge in [0.2, 0.25) is 0 Å². The molecule has 0 saturated carbocycles. The molecule has 1 nitrogen and oxygen atoms in total. The molecule has 0 unspecified atom stereocenters. The lowest BCUT2D eigenvalue weighted by atomic mass is 10.0. The van der Waals surface area contributed by atoms with E-state index in [-0.39, 0.29) is 0 Å².